The molecule has 0 atom stereocenters. The number of hydrogen-bond acceptors (Lipinski definition) is 6. The number of rotatable bonds is 8. The van der Waals surface area contributed by atoms with Crippen LogP contribution in [0.4, 0.5) is 11.4 Å². The largest absolute Gasteiger partial charge is 0.497 e. The smallest absolute Gasteiger partial charge is 0.256 e. The lowest BCUT2D eigenvalue weighted by Gasteiger charge is -2.15. The van der Waals surface area contributed by atoms with Crippen LogP contribution in [0.3, 0.4) is 0 Å². The molecule has 0 bridgehead atoms. The molecule has 0 fully saturated rings. The summed E-state index contributed by atoms with van der Waals surface area (Å²) >= 11 is 0. The van der Waals surface area contributed by atoms with E-state index in [0.717, 1.165) is 0 Å². The zero-order valence-corrected chi connectivity index (χ0v) is 18.2. The molecular formula is C24H24N2O6. The van der Waals surface area contributed by atoms with E-state index in [-0.39, 0.29) is 11.1 Å². The van der Waals surface area contributed by atoms with Crippen LogP contribution in [0.15, 0.2) is 60.7 Å². The highest BCUT2D eigenvalue weighted by Gasteiger charge is 2.19. The van der Waals surface area contributed by atoms with Crippen molar-refractivity contribution in [2.75, 3.05) is 39.1 Å². The van der Waals surface area contributed by atoms with Crippen LogP contribution in [-0.4, -0.2) is 40.3 Å². The molecule has 0 saturated heterocycles. The highest BCUT2D eigenvalue weighted by atomic mass is 16.5. The van der Waals surface area contributed by atoms with Gasteiger partial charge >= 0.3 is 0 Å². The van der Waals surface area contributed by atoms with Crippen molar-refractivity contribution >= 4 is 23.2 Å². The van der Waals surface area contributed by atoms with Crippen molar-refractivity contribution in [2.45, 2.75) is 0 Å². The van der Waals surface area contributed by atoms with Gasteiger partial charge in [-0.15, -0.1) is 0 Å². The molecule has 0 heterocycles. The van der Waals surface area contributed by atoms with Gasteiger partial charge in [0.1, 0.15) is 23.0 Å². The van der Waals surface area contributed by atoms with Crippen molar-refractivity contribution in [3.8, 4) is 23.0 Å². The summed E-state index contributed by atoms with van der Waals surface area (Å²) in [4.78, 5) is 26.1. The second-order valence-corrected chi connectivity index (χ2v) is 6.59. The van der Waals surface area contributed by atoms with E-state index in [9.17, 15) is 9.59 Å². The molecule has 8 heteroatoms. The minimum absolute atomic E-state index is 0.191. The Labute approximate surface area is 186 Å². The molecule has 0 saturated carbocycles. The van der Waals surface area contributed by atoms with E-state index in [0.29, 0.717) is 34.4 Å². The van der Waals surface area contributed by atoms with Gasteiger partial charge < -0.3 is 29.6 Å². The van der Waals surface area contributed by atoms with Gasteiger partial charge in [0.15, 0.2) is 0 Å². The second kappa shape index (κ2) is 10.2. The minimum Gasteiger partial charge on any atom is -0.497 e. The number of anilines is 2. The van der Waals surface area contributed by atoms with E-state index in [2.05, 4.69) is 10.6 Å². The van der Waals surface area contributed by atoms with Crippen molar-refractivity contribution in [3.63, 3.8) is 0 Å². The zero-order valence-electron chi connectivity index (χ0n) is 18.2. The maximum atomic E-state index is 13.1. The Bertz CT molecular complexity index is 1040. The van der Waals surface area contributed by atoms with E-state index in [1.807, 2.05) is 0 Å². The van der Waals surface area contributed by atoms with Crippen LogP contribution in [0.5, 0.6) is 23.0 Å². The van der Waals surface area contributed by atoms with E-state index >= 15 is 0 Å². The molecule has 0 radical (unpaired) electrons. The third kappa shape index (κ3) is 4.92. The fraction of sp³-hybridized carbons (Fsp3) is 0.167. The number of ether oxygens (including phenoxy) is 4. The van der Waals surface area contributed by atoms with Crippen molar-refractivity contribution in [2.24, 2.45) is 0 Å². The Kier molecular flexibility index (Phi) is 7.17. The average Bonchev–Trinajstić information content (AvgIpc) is 2.83. The van der Waals surface area contributed by atoms with Crippen LogP contribution in [0, 0.1) is 0 Å². The molecule has 0 aromatic heterocycles. The first-order chi connectivity index (χ1) is 15.5. The van der Waals surface area contributed by atoms with Gasteiger partial charge in [-0.3, -0.25) is 9.59 Å². The Morgan fingerprint density at radius 3 is 1.34 bits per heavy atom. The van der Waals surface area contributed by atoms with Crippen molar-refractivity contribution in [3.05, 3.63) is 71.8 Å². The molecule has 2 amide bonds. The lowest BCUT2D eigenvalue weighted by molar-refractivity contribution is 0.0990. The predicted octanol–water partition coefficient (Wildman–Crippen LogP) is 4.23. The molecule has 2 N–H and O–H groups in total. The third-order valence-electron chi connectivity index (χ3n) is 4.73. The summed E-state index contributed by atoms with van der Waals surface area (Å²) in [6.07, 6.45) is 0. The Hall–Kier alpha value is -4.20. The van der Waals surface area contributed by atoms with E-state index in [1.54, 1.807) is 60.7 Å². The van der Waals surface area contributed by atoms with Gasteiger partial charge in [-0.2, -0.15) is 0 Å². The topological polar surface area (TPSA) is 95.1 Å². The van der Waals surface area contributed by atoms with Gasteiger partial charge in [0.2, 0.25) is 0 Å². The monoisotopic (exact) mass is 436 g/mol. The van der Waals surface area contributed by atoms with Gasteiger partial charge in [0.25, 0.3) is 11.8 Å². The molecule has 8 nitrogen and oxygen atoms in total. The summed E-state index contributed by atoms with van der Waals surface area (Å²) in [6, 6.07) is 16.6. The lowest BCUT2D eigenvalue weighted by atomic mass is 10.1. The second-order valence-electron chi connectivity index (χ2n) is 6.59. The van der Waals surface area contributed by atoms with E-state index < -0.39 is 11.8 Å². The first-order valence-electron chi connectivity index (χ1n) is 9.66. The number of amides is 2. The molecule has 32 heavy (non-hydrogen) atoms. The van der Waals surface area contributed by atoms with Gasteiger partial charge in [-0.05, 0) is 36.4 Å². The molecule has 166 valence electrons. The average molecular weight is 436 g/mol. The number of nitrogens with one attached hydrogen (secondary N) is 2. The molecule has 0 aliphatic heterocycles. The summed E-state index contributed by atoms with van der Waals surface area (Å²) in [7, 11) is 6.06. The molecule has 0 unspecified atom stereocenters. The van der Waals surface area contributed by atoms with Gasteiger partial charge in [-0.25, -0.2) is 0 Å². The maximum Gasteiger partial charge on any atom is 0.256 e. The van der Waals surface area contributed by atoms with Crippen molar-refractivity contribution in [1.82, 2.24) is 0 Å². The summed E-state index contributed by atoms with van der Waals surface area (Å²) in [5.74, 6) is 1.08. The van der Waals surface area contributed by atoms with Crippen molar-refractivity contribution in [1.29, 1.82) is 0 Å². The highest BCUT2D eigenvalue weighted by molar-refractivity contribution is 6.15. The Morgan fingerprint density at radius 2 is 1.00 bits per heavy atom. The first-order valence-corrected chi connectivity index (χ1v) is 9.66. The fourth-order valence-corrected chi connectivity index (χ4v) is 3.08. The van der Waals surface area contributed by atoms with Crippen LogP contribution in [0.1, 0.15) is 20.7 Å². The first kappa shape index (κ1) is 22.5. The zero-order chi connectivity index (χ0) is 23.1. The van der Waals surface area contributed by atoms with Crippen LogP contribution in [0.25, 0.3) is 0 Å². The van der Waals surface area contributed by atoms with E-state index in [1.165, 1.54) is 28.4 Å². The molecule has 0 spiro atoms. The molecule has 0 aliphatic rings. The third-order valence-corrected chi connectivity index (χ3v) is 4.73. The molecule has 3 aromatic carbocycles. The minimum atomic E-state index is -0.472. The SMILES string of the molecule is COc1ccc(OC)c(NC(=O)c2ccccc2C(=O)Nc2cc(OC)ccc2OC)c1. The number of carbonyl (C=O) groups is 2. The van der Waals surface area contributed by atoms with Crippen LogP contribution < -0.4 is 29.6 Å². The predicted molar refractivity (Wildman–Crippen MR) is 121 cm³/mol. The number of methoxy groups -OCH3 is 4. The lowest BCUT2D eigenvalue weighted by Crippen LogP contribution is -2.20. The van der Waals surface area contributed by atoms with Gasteiger partial charge in [0.05, 0.1) is 50.9 Å². The highest BCUT2D eigenvalue weighted by Crippen LogP contribution is 2.31. The molecular weight excluding hydrogens is 412 g/mol. The van der Waals surface area contributed by atoms with Crippen LogP contribution in [-0.2, 0) is 0 Å². The summed E-state index contributed by atoms with van der Waals surface area (Å²) in [5.41, 5.74) is 1.22. The summed E-state index contributed by atoms with van der Waals surface area (Å²) < 4.78 is 21.1. The van der Waals surface area contributed by atoms with Gasteiger partial charge in [0, 0.05) is 12.1 Å². The quantitative estimate of drug-likeness (QED) is 0.549. The number of carbonyl (C=O) groups excluding carboxylic acids is 2. The standard InChI is InChI=1S/C24H24N2O6/c1-29-15-9-11-21(31-3)19(13-15)25-23(27)17-7-5-6-8-18(17)24(28)26-20-14-16(30-2)10-12-22(20)32-4/h5-14H,1-4H3,(H,25,27)(H,26,28). The summed E-state index contributed by atoms with van der Waals surface area (Å²) in [6.45, 7) is 0. The van der Waals surface area contributed by atoms with Crippen LogP contribution >= 0.6 is 0 Å². The van der Waals surface area contributed by atoms with Crippen LogP contribution in [0.2, 0.25) is 0 Å². The molecule has 3 rings (SSSR count). The maximum absolute atomic E-state index is 13.1. The molecule has 3 aromatic rings. The van der Waals surface area contributed by atoms with Crippen molar-refractivity contribution < 1.29 is 28.5 Å². The summed E-state index contributed by atoms with van der Waals surface area (Å²) in [5, 5.41) is 5.57. The number of hydrogen-bond donors (Lipinski definition) is 2. The van der Waals surface area contributed by atoms with E-state index in [4.69, 9.17) is 18.9 Å². The number of benzene rings is 3. The fourth-order valence-electron chi connectivity index (χ4n) is 3.08. The Morgan fingerprint density at radius 1 is 0.594 bits per heavy atom. The normalized spacial score (nSPS) is 10.1. The molecule has 0 aliphatic carbocycles. The Balaban J connectivity index is 1.89. The van der Waals surface area contributed by atoms with Gasteiger partial charge in [-0.1, -0.05) is 12.1 Å².